The smallest absolute Gasteiger partial charge is 0.406 e. The fourth-order valence-electron chi connectivity index (χ4n) is 5.16. The molecule has 0 N–H and O–H groups in total. The van der Waals surface area contributed by atoms with Crippen molar-refractivity contribution in [3.05, 3.63) is 66.9 Å². The molecule has 0 spiro atoms. The number of likely N-dealkylation sites (tertiary alicyclic amines) is 1. The molecule has 1 saturated heterocycles. The van der Waals surface area contributed by atoms with Crippen molar-refractivity contribution in [1.29, 1.82) is 0 Å². The number of nitrogens with zero attached hydrogens (tertiary/aromatic N) is 6. The van der Waals surface area contributed by atoms with Gasteiger partial charge in [0.1, 0.15) is 24.0 Å². The predicted octanol–water partition coefficient (Wildman–Crippen LogP) is 4.53. The summed E-state index contributed by atoms with van der Waals surface area (Å²) < 4.78 is 49.3. The molecule has 11 heteroatoms. The molecule has 3 unspecified atom stereocenters. The molecule has 2 aromatic heterocycles. The zero-order valence-electron chi connectivity index (χ0n) is 20.6. The van der Waals surface area contributed by atoms with Gasteiger partial charge in [0, 0.05) is 17.7 Å². The molecule has 1 fully saturated rings. The number of hydrogen-bond acceptors (Lipinski definition) is 5. The van der Waals surface area contributed by atoms with Crippen LogP contribution in [0.3, 0.4) is 0 Å². The number of alkyl halides is 3. The summed E-state index contributed by atoms with van der Waals surface area (Å²) in [5.74, 6) is -0.295. The molecule has 8 nitrogen and oxygen atoms in total. The first-order valence-electron chi connectivity index (χ1n) is 12.0. The van der Waals surface area contributed by atoms with Gasteiger partial charge >= 0.3 is 6.18 Å². The average Bonchev–Trinajstić information content (AvgIpc) is 3.52. The van der Waals surface area contributed by atoms with Gasteiger partial charge in [0.25, 0.3) is 0 Å². The summed E-state index contributed by atoms with van der Waals surface area (Å²) in [6.45, 7) is 2.53. The van der Waals surface area contributed by atoms with Crippen molar-refractivity contribution < 1.29 is 22.7 Å². The lowest BCUT2D eigenvalue weighted by Crippen LogP contribution is -2.49. The third-order valence-electron chi connectivity index (χ3n) is 6.97. The normalized spacial score (nSPS) is 23.7. The number of hydrogen-bond donors (Lipinski definition) is 0. The number of rotatable bonds is 5. The van der Waals surface area contributed by atoms with Gasteiger partial charge in [-0.15, -0.1) is 5.10 Å². The number of aromatic nitrogens is 5. The van der Waals surface area contributed by atoms with Crippen LogP contribution >= 0.6 is 0 Å². The van der Waals surface area contributed by atoms with E-state index < -0.39 is 30.7 Å². The molecular weight excluding hydrogens is 485 g/mol. The molecule has 1 aliphatic carbocycles. The standard InChI is InChI=1S/C26H27F3N6O2/c1-16-10-23(25(36)34(14-26(27,28)29)21-7-5-4-6-19(16)21)35-13-20(31-32-35)18-8-9-22(24(11-18)37-3)33-12-17(2)30-15-33/h4-9,11-13,15-16,19,21,23H,10,14H2,1-3H3/t16-,19?,21?,23?/m1/s1. The number of benzene rings is 1. The Morgan fingerprint density at radius 2 is 1.95 bits per heavy atom. The average molecular weight is 513 g/mol. The fourth-order valence-corrected chi connectivity index (χ4v) is 5.16. The number of carbonyl (C=O) groups excluding carboxylic acids is 1. The Balaban J connectivity index is 1.47. The minimum absolute atomic E-state index is 0.0518. The number of allylic oxidation sites excluding steroid dienone is 2. The molecule has 1 aromatic carbocycles. The quantitative estimate of drug-likeness (QED) is 0.502. The summed E-state index contributed by atoms with van der Waals surface area (Å²) in [5, 5.41) is 8.42. The Kier molecular flexibility index (Phi) is 6.38. The van der Waals surface area contributed by atoms with E-state index in [-0.39, 0.29) is 11.8 Å². The molecule has 0 radical (unpaired) electrons. The van der Waals surface area contributed by atoms with Crippen molar-refractivity contribution in [2.75, 3.05) is 13.7 Å². The van der Waals surface area contributed by atoms with Crippen LogP contribution in [0.15, 0.2) is 61.2 Å². The first kappa shape index (κ1) is 24.8. The largest absolute Gasteiger partial charge is 0.495 e. The van der Waals surface area contributed by atoms with Gasteiger partial charge in [-0.2, -0.15) is 13.2 Å². The van der Waals surface area contributed by atoms with Crippen molar-refractivity contribution in [2.24, 2.45) is 11.8 Å². The van der Waals surface area contributed by atoms with Crippen LogP contribution in [-0.2, 0) is 4.79 Å². The number of ether oxygens (including phenoxy) is 1. The molecule has 5 rings (SSSR count). The minimum Gasteiger partial charge on any atom is -0.495 e. The van der Waals surface area contributed by atoms with Gasteiger partial charge in [-0.1, -0.05) is 42.5 Å². The first-order chi connectivity index (χ1) is 17.6. The van der Waals surface area contributed by atoms with Crippen molar-refractivity contribution in [3.8, 4) is 22.7 Å². The highest BCUT2D eigenvalue weighted by Crippen LogP contribution is 2.38. The summed E-state index contributed by atoms with van der Waals surface area (Å²) >= 11 is 0. The second-order valence-corrected chi connectivity index (χ2v) is 9.54. The van der Waals surface area contributed by atoms with Gasteiger partial charge in [0.2, 0.25) is 5.91 Å². The summed E-state index contributed by atoms with van der Waals surface area (Å²) in [6, 6.07) is 3.95. The number of carbonyl (C=O) groups is 1. The summed E-state index contributed by atoms with van der Waals surface area (Å²) in [5.41, 5.74) is 2.83. The highest BCUT2D eigenvalue weighted by molar-refractivity contribution is 5.81. The van der Waals surface area contributed by atoms with E-state index in [1.807, 2.05) is 48.9 Å². The highest BCUT2D eigenvalue weighted by atomic mass is 19.4. The third-order valence-corrected chi connectivity index (χ3v) is 6.97. The Labute approximate surface area is 212 Å². The minimum atomic E-state index is -4.52. The molecule has 37 heavy (non-hydrogen) atoms. The third kappa shape index (κ3) is 4.90. The Hall–Kier alpha value is -3.89. The lowest BCUT2D eigenvalue weighted by Gasteiger charge is -2.35. The van der Waals surface area contributed by atoms with E-state index in [2.05, 4.69) is 15.3 Å². The molecule has 0 bridgehead atoms. The van der Waals surface area contributed by atoms with Crippen LogP contribution in [0.1, 0.15) is 25.1 Å². The molecule has 0 saturated carbocycles. The van der Waals surface area contributed by atoms with Crippen LogP contribution in [0, 0.1) is 18.8 Å². The van der Waals surface area contributed by atoms with E-state index in [1.165, 1.54) is 4.68 Å². The SMILES string of the molecule is COc1cc(-c2cn(C3C[C@@H](C)C4C=CC=CC4N(CC(F)(F)F)C3=O)nn2)ccc1-n1cnc(C)c1. The van der Waals surface area contributed by atoms with E-state index in [0.29, 0.717) is 23.4 Å². The number of fused-ring (bicyclic) bond motifs is 1. The molecule has 3 aromatic rings. The molecule has 2 aliphatic rings. The van der Waals surface area contributed by atoms with Gasteiger partial charge in [0.15, 0.2) is 0 Å². The molecular formula is C26H27F3N6O2. The summed E-state index contributed by atoms with van der Waals surface area (Å²) in [6.07, 6.45) is 8.08. The molecule has 3 heterocycles. The summed E-state index contributed by atoms with van der Waals surface area (Å²) in [7, 11) is 1.56. The van der Waals surface area contributed by atoms with Crippen LogP contribution in [0.4, 0.5) is 13.2 Å². The predicted molar refractivity (Wildman–Crippen MR) is 130 cm³/mol. The van der Waals surface area contributed by atoms with E-state index in [0.717, 1.165) is 16.3 Å². The topological polar surface area (TPSA) is 78.1 Å². The number of aryl methyl sites for hydroxylation is 1. The van der Waals surface area contributed by atoms with Crippen LogP contribution in [-0.4, -0.2) is 61.2 Å². The van der Waals surface area contributed by atoms with E-state index in [9.17, 15) is 18.0 Å². The van der Waals surface area contributed by atoms with E-state index in [4.69, 9.17) is 4.74 Å². The van der Waals surface area contributed by atoms with Crippen molar-refractivity contribution in [1.82, 2.24) is 29.4 Å². The zero-order chi connectivity index (χ0) is 26.3. The first-order valence-corrected chi connectivity index (χ1v) is 12.0. The number of halogens is 3. The lowest BCUT2D eigenvalue weighted by atomic mass is 9.82. The van der Waals surface area contributed by atoms with Gasteiger partial charge in [-0.3, -0.25) is 4.79 Å². The zero-order valence-corrected chi connectivity index (χ0v) is 20.6. The number of methoxy groups -OCH3 is 1. The maximum absolute atomic E-state index is 13.5. The number of imidazole rings is 1. The van der Waals surface area contributed by atoms with Gasteiger partial charge < -0.3 is 14.2 Å². The van der Waals surface area contributed by atoms with E-state index >= 15 is 0 Å². The fraction of sp³-hybridized carbons (Fsp3) is 0.385. The molecule has 1 amide bonds. The molecule has 1 aliphatic heterocycles. The monoisotopic (exact) mass is 512 g/mol. The van der Waals surface area contributed by atoms with Crippen LogP contribution in [0.2, 0.25) is 0 Å². The van der Waals surface area contributed by atoms with Crippen LogP contribution in [0.25, 0.3) is 16.9 Å². The Bertz CT molecular complexity index is 1360. The van der Waals surface area contributed by atoms with E-state index in [1.54, 1.807) is 37.9 Å². The second kappa shape index (κ2) is 9.53. The highest BCUT2D eigenvalue weighted by Gasteiger charge is 2.45. The van der Waals surface area contributed by atoms with Gasteiger partial charge in [-0.25, -0.2) is 9.67 Å². The van der Waals surface area contributed by atoms with Crippen LogP contribution in [0.5, 0.6) is 5.75 Å². The second-order valence-electron chi connectivity index (χ2n) is 9.54. The van der Waals surface area contributed by atoms with Crippen molar-refractivity contribution in [3.63, 3.8) is 0 Å². The maximum Gasteiger partial charge on any atom is 0.406 e. The maximum atomic E-state index is 13.5. The lowest BCUT2D eigenvalue weighted by molar-refractivity contribution is -0.166. The molecule has 4 atom stereocenters. The number of amides is 1. The van der Waals surface area contributed by atoms with Crippen molar-refractivity contribution >= 4 is 5.91 Å². The Morgan fingerprint density at radius 3 is 2.65 bits per heavy atom. The Morgan fingerprint density at radius 1 is 1.16 bits per heavy atom. The van der Waals surface area contributed by atoms with Crippen LogP contribution < -0.4 is 4.74 Å². The molecule has 194 valence electrons. The summed E-state index contributed by atoms with van der Waals surface area (Å²) in [4.78, 5) is 18.7. The van der Waals surface area contributed by atoms with Gasteiger partial charge in [-0.05, 0) is 31.4 Å². The van der Waals surface area contributed by atoms with Crippen molar-refractivity contribution in [2.45, 2.75) is 38.5 Å². The van der Waals surface area contributed by atoms with Gasteiger partial charge in [0.05, 0.1) is 37.1 Å².